The molecule has 0 fully saturated rings. The van der Waals surface area contributed by atoms with Gasteiger partial charge >= 0.3 is 0 Å². The number of amides is 1. The van der Waals surface area contributed by atoms with E-state index in [1.807, 2.05) is 30.3 Å². The number of nitrogens with zero attached hydrogens (tertiary/aromatic N) is 2. The van der Waals surface area contributed by atoms with Crippen LogP contribution in [0.2, 0.25) is 0 Å². The van der Waals surface area contributed by atoms with Crippen LogP contribution >= 0.6 is 23.1 Å². The van der Waals surface area contributed by atoms with E-state index in [2.05, 4.69) is 15.5 Å². The molecule has 0 saturated carbocycles. The van der Waals surface area contributed by atoms with Gasteiger partial charge in [0.25, 0.3) is 0 Å². The van der Waals surface area contributed by atoms with E-state index in [1.165, 1.54) is 18.3 Å². The van der Waals surface area contributed by atoms with Crippen LogP contribution in [0.25, 0.3) is 0 Å². The number of carbonyl (C=O) groups excluding carboxylic acids is 1. The number of carbonyl (C=O) groups is 1. The predicted molar refractivity (Wildman–Crippen MR) is 76.9 cm³/mol. The van der Waals surface area contributed by atoms with E-state index in [0.717, 1.165) is 15.8 Å². The summed E-state index contributed by atoms with van der Waals surface area (Å²) in [5.41, 5.74) is 0. The summed E-state index contributed by atoms with van der Waals surface area (Å²) in [4.78, 5) is 10.8. The van der Waals surface area contributed by atoms with Gasteiger partial charge in [-0.05, 0) is 12.1 Å². The molecule has 7 heteroatoms. The van der Waals surface area contributed by atoms with Crippen LogP contribution in [0.4, 0.5) is 5.13 Å². The summed E-state index contributed by atoms with van der Waals surface area (Å²) < 4.78 is 6.38. The minimum Gasteiger partial charge on any atom is -0.493 e. The third kappa shape index (κ3) is 4.88. The monoisotopic (exact) mass is 295 g/mol. The lowest BCUT2D eigenvalue weighted by atomic mass is 10.3. The molecule has 0 aliphatic carbocycles. The summed E-state index contributed by atoms with van der Waals surface area (Å²) in [7, 11) is 0. The fraction of sp³-hybridized carbons (Fsp3) is 0.250. The maximum atomic E-state index is 10.8. The van der Waals surface area contributed by atoms with Crippen molar-refractivity contribution >= 4 is 34.1 Å². The van der Waals surface area contributed by atoms with Gasteiger partial charge in [-0.25, -0.2) is 0 Å². The number of rotatable bonds is 6. The number of ether oxygens (including phenoxy) is 1. The molecule has 1 N–H and O–H groups in total. The molecule has 0 aliphatic rings. The quantitative estimate of drug-likeness (QED) is 0.504. The highest BCUT2D eigenvalue weighted by atomic mass is 32.2. The maximum Gasteiger partial charge on any atom is 0.223 e. The van der Waals surface area contributed by atoms with Crippen LogP contribution in [0, 0.1) is 0 Å². The SMILES string of the molecule is CC(=O)Nc1nnc(SCCOc2ccccc2)s1. The molecule has 0 unspecified atom stereocenters. The van der Waals surface area contributed by atoms with Crippen molar-refractivity contribution in [3.63, 3.8) is 0 Å². The second-order valence-electron chi connectivity index (χ2n) is 3.56. The first kappa shape index (κ1) is 13.8. The average Bonchev–Trinajstić information content (AvgIpc) is 2.83. The highest BCUT2D eigenvalue weighted by Crippen LogP contribution is 2.25. The lowest BCUT2D eigenvalue weighted by Crippen LogP contribution is -2.04. The lowest BCUT2D eigenvalue weighted by Gasteiger charge is -2.03. The molecular weight excluding hydrogens is 282 g/mol. The predicted octanol–water partition coefficient (Wildman–Crippen LogP) is 2.67. The van der Waals surface area contributed by atoms with Crippen molar-refractivity contribution in [2.75, 3.05) is 17.7 Å². The zero-order valence-corrected chi connectivity index (χ0v) is 12.0. The van der Waals surface area contributed by atoms with Crippen molar-refractivity contribution in [1.82, 2.24) is 10.2 Å². The molecule has 2 rings (SSSR count). The summed E-state index contributed by atoms with van der Waals surface area (Å²) in [6, 6.07) is 9.67. The molecule has 0 radical (unpaired) electrons. The fourth-order valence-electron chi connectivity index (χ4n) is 1.27. The van der Waals surface area contributed by atoms with Gasteiger partial charge in [0.2, 0.25) is 11.0 Å². The van der Waals surface area contributed by atoms with E-state index in [9.17, 15) is 4.79 Å². The molecule has 1 aromatic heterocycles. The third-order valence-electron chi connectivity index (χ3n) is 2.01. The van der Waals surface area contributed by atoms with E-state index in [1.54, 1.807) is 11.8 Å². The van der Waals surface area contributed by atoms with Crippen molar-refractivity contribution in [3.8, 4) is 5.75 Å². The molecule has 1 heterocycles. The minimum atomic E-state index is -0.139. The summed E-state index contributed by atoms with van der Waals surface area (Å²) >= 11 is 2.92. The number of anilines is 1. The molecule has 0 aliphatic heterocycles. The van der Waals surface area contributed by atoms with Gasteiger partial charge in [0.15, 0.2) is 4.34 Å². The zero-order valence-electron chi connectivity index (χ0n) is 10.3. The summed E-state index contributed by atoms with van der Waals surface area (Å²) in [6.45, 7) is 2.05. The Kier molecular flexibility index (Phi) is 5.17. The van der Waals surface area contributed by atoms with E-state index in [0.29, 0.717) is 11.7 Å². The van der Waals surface area contributed by atoms with Gasteiger partial charge in [-0.15, -0.1) is 10.2 Å². The number of thioether (sulfide) groups is 1. The Balaban J connectivity index is 1.71. The molecule has 100 valence electrons. The number of nitrogens with one attached hydrogen (secondary N) is 1. The van der Waals surface area contributed by atoms with Crippen molar-refractivity contribution in [2.45, 2.75) is 11.3 Å². The molecule has 5 nitrogen and oxygen atoms in total. The first-order valence-corrected chi connectivity index (χ1v) is 7.46. The lowest BCUT2D eigenvalue weighted by molar-refractivity contribution is -0.114. The molecule has 0 spiro atoms. The maximum absolute atomic E-state index is 10.8. The van der Waals surface area contributed by atoms with Crippen LogP contribution in [0.15, 0.2) is 34.7 Å². The van der Waals surface area contributed by atoms with Crippen molar-refractivity contribution in [2.24, 2.45) is 0 Å². The minimum absolute atomic E-state index is 0.139. The number of benzene rings is 1. The Bertz CT molecular complexity index is 531. The van der Waals surface area contributed by atoms with E-state index >= 15 is 0 Å². The molecule has 1 amide bonds. The standard InChI is InChI=1S/C12H13N3O2S2/c1-9(16)13-11-14-15-12(19-11)18-8-7-17-10-5-3-2-4-6-10/h2-6H,7-8H2,1H3,(H,13,14,16). The van der Waals surface area contributed by atoms with Gasteiger partial charge in [0, 0.05) is 12.7 Å². The topological polar surface area (TPSA) is 64.1 Å². The van der Waals surface area contributed by atoms with Crippen LogP contribution in [0.3, 0.4) is 0 Å². The van der Waals surface area contributed by atoms with E-state index in [-0.39, 0.29) is 5.91 Å². The van der Waals surface area contributed by atoms with Crippen LogP contribution in [0.1, 0.15) is 6.92 Å². The molecular formula is C12H13N3O2S2. The van der Waals surface area contributed by atoms with E-state index < -0.39 is 0 Å². The van der Waals surface area contributed by atoms with E-state index in [4.69, 9.17) is 4.74 Å². The van der Waals surface area contributed by atoms with Crippen LogP contribution in [-0.2, 0) is 4.79 Å². The average molecular weight is 295 g/mol. The Morgan fingerprint density at radius 2 is 2.16 bits per heavy atom. The normalized spacial score (nSPS) is 10.2. The molecule has 19 heavy (non-hydrogen) atoms. The van der Waals surface area contributed by atoms with Crippen molar-refractivity contribution in [1.29, 1.82) is 0 Å². The summed E-state index contributed by atoms with van der Waals surface area (Å²) in [6.07, 6.45) is 0. The number of hydrogen-bond donors (Lipinski definition) is 1. The Morgan fingerprint density at radius 1 is 1.37 bits per heavy atom. The number of para-hydroxylation sites is 1. The number of hydrogen-bond acceptors (Lipinski definition) is 6. The van der Waals surface area contributed by atoms with Gasteiger partial charge < -0.3 is 10.1 Å². The van der Waals surface area contributed by atoms with Crippen molar-refractivity contribution in [3.05, 3.63) is 30.3 Å². The first-order valence-electron chi connectivity index (χ1n) is 5.66. The second kappa shape index (κ2) is 7.10. The van der Waals surface area contributed by atoms with Gasteiger partial charge in [0.05, 0.1) is 6.61 Å². The second-order valence-corrected chi connectivity index (χ2v) is 5.88. The van der Waals surface area contributed by atoms with Crippen molar-refractivity contribution < 1.29 is 9.53 Å². The Hall–Kier alpha value is -1.60. The highest BCUT2D eigenvalue weighted by molar-refractivity contribution is 8.01. The third-order valence-corrected chi connectivity index (χ3v) is 3.95. The first-order chi connectivity index (χ1) is 9.24. The number of aromatic nitrogens is 2. The Labute approximate surface area is 119 Å². The molecule has 2 aromatic rings. The Morgan fingerprint density at radius 3 is 2.89 bits per heavy atom. The van der Waals surface area contributed by atoms with Gasteiger partial charge in [-0.1, -0.05) is 41.3 Å². The van der Waals surface area contributed by atoms with Crippen LogP contribution in [-0.4, -0.2) is 28.5 Å². The summed E-state index contributed by atoms with van der Waals surface area (Å²) in [5.74, 6) is 1.50. The molecule has 1 aromatic carbocycles. The highest BCUT2D eigenvalue weighted by Gasteiger charge is 2.05. The summed E-state index contributed by atoms with van der Waals surface area (Å²) in [5, 5.41) is 11.0. The molecule has 0 atom stereocenters. The largest absolute Gasteiger partial charge is 0.493 e. The fourth-order valence-corrected chi connectivity index (χ4v) is 2.96. The van der Waals surface area contributed by atoms with Gasteiger partial charge in [0.1, 0.15) is 5.75 Å². The van der Waals surface area contributed by atoms with Gasteiger partial charge in [-0.3, -0.25) is 4.79 Å². The van der Waals surface area contributed by atoms with Crippen LogP contribution in [0.5, 0.6) is 5.75 Å². The zero-order chi connectivity index (χ0) is 13.5. The molecule has 0 saturated heterocycles. The molecule has 0 bridgehead atoms. The smallest absolute Gasteiger partial charge is 0.223 e. The van der Waals surface area contributed by atoms with Gasteiger partial charge in [-0.2, -0.15) is 0 Å². The van der Waals surface area contributed by atoms with Crippen LogP contribution < -0.4 is 10.1 Å².